The molecule has 0 aromatic rings. The van der Waals surface area contributed by atoms with E-state index in [4.69, 9.17) is 9.84 Å². The predicted molar refractivity (Wildman–Crippen MR) is 42.9 cm³/mol. The normalized spacial score (nSPS) is 39.1. The number of nitrogens with one attached hydrogen (secondary N) is 1. The third-order valence-electron chi connectivity index (χ3n) is 2.33. The van der Waals surface area contributed by atoms with Crippen molar-refractivity contribution in [1.82, 2.24) is 5.32 Å². The molecule has 2 aliphatic rings. The van der Waals surface area contributed by atoms with Crippen molar-refractivity contribution in [2.45, 2.75) is 37.2 Å². The van der Waals surface area contributed by atoms with E-state index in [0.29, 0.717) is 0 Å². The average molecular weight is 187 g/mol. The highest BCUT2D eigenvalue weighted by atomic mass is 16.5. The van der Waals surface area contributed by atoms with Crippen LogP contribution in [-0.2, 0) is 9.53 Å². The van der Waals surface area contributed by atoms with E-state index in [1.807, 2.05) is 0 Å². The molecule has 1 aliphatic heterocycles. The van der Waals surface area contributed by atoms with E-state index in [0.717, 1.165) is 12.8 Å². The number of amides is 1. The van der Waals surface area contributed by atoms with Gasteiger partial charge in [0.15, 0.2) is 6.10 Å². The summed E-state index contributed by atoms with van der Waals surface area (Å²) in [5.41, 5.74) is 0. The lowest BCUT2D eigenvalue weighted by Crippen LogP contribution is -2.43. The highest BCUT2D eigenvalue weighted by Gasteiger charge is 2.40. The number of carbonyl (C=O) groups excluding carboxylic acids is 1. The van der Waals surface area contributed by atoms with E-state index < -0.39 is 18.3 Å². The molecule has 3 atom stereocenters. The molecule has 1 saturated carbocycles. The summed E-state index contributed by atoms with van der Waals surface area (Å²) in [6.45, 7) is 0.0317. The van der Waals surface area contributed by atoms with Crippen molar-refractivity contribution in [3.8, 4) is 0 Å². The second kappa shape index (κ2) is 3.25. The Labute approximate surface area is 75.7 Å². The molecule has 0 bridgehead atoms. The van der Waals surface area contributed by atoms with Crippen LogP contribution in [0.15, 0.2) is 0 Å². The van der Waals surface area contributed by atoms with Gasteiger partial charge >= 0.3 is 0 Å². The molecule has 0 aromatic carbocycles. The highest BCUT2D eigenvalue weighted by Crippen LogP contribution is 2.21. The zero-order chi connectivity index (χ0) is 9.42. The van der Waals surface area contributed by atoms with Gasteiger partial charge in [0, 0.05) is 6.04 Å². The summed E-state index contributed by atoms with van der Waals surface area (Å²) < 4.78 is 4.96. The third kappa shape index (κ3) is 1.82. The van der Waals surface area contributed by atoms with E-state index in [-0.39, 0.29) is 18.6 Å². The first-order valence-corrected chi connectivity index (χ1v) is 4.46. The first-order valence-electron chi connectivity index (χ1n) is 4.46. The lowest BCUT2D eigenvalue weighted by Gasteiger charge is -2.13. The lowest BCUT2D eigenvalue weighted by molar-refractivity contribution is -0.134. The predicted octanol–water partition coefficient (Wildman–Crippen LogP) is -1.61. The second-order valence-electron chi connectivity index (χ2n) is 3.59. The van der Waals surface area contributed by atoms with Crippen LogP contribution >= 0.6 is 0 Å². The minimum absolute atomic E-state index is 0.0317. The van der Waals surface area contributed by atoms with Gasteiger partial charge in [0.25, 0.3) is 5.91 Å². The van der Waals surface area contributed by atoms with Gasteiger partial charge in [0.05, 0.1) is 6.61 Å². The van der Waals surface area contributed by atoms with Crippen molar-refractivity contribution in [3.05, 3.63) is 0 Å². The van der Waals surface area contributed by atoms with Crippen LogP contribution in [0.5, 0.6) is 0 Å². The Bertz CT molecular complexity index is 216. The van der Waals surface area contributed by atoms with Gasteiger partial charge < -0.3 is 20.3 Å². The van der Waals surface area contributed by atoms with E-state index >= 15 is 0 Å². The van der Waals surface area contributed by atoms with Crippen LogP contribution < -0.4 is 5.32 Å². The average Bonchev–Trinajstić information content (AvgIpc) is 2.82. The number of rotatable bonds is 2. The molecule has 74 valence electrons. The maximum Gasteiger partial charge on any atom is 0.252 e. The molecule has 0 spiro atoms. The van der Waals surface area contributed by atoms with Gasteiger partial charge in [-0.15, -0.1) is 0 Å². The zero-order valence-corrected chi connectivity index (χ0v) is 7.14. The van der Waals surface area contributed by atoms with Crippen molar-refractivity contribution >= 4 is 5.91 Å². The molecule has 0 radical (unpaired) electrons. The van der Waals surface area contributed by atoms with E-state index in [9.17, 15) is 9.90 Å². The molecular weight excluding hydrogens is 174 g/mol. The van der Waals surface area contributed by atoms with Gasteiger partial charge in [-0.05, 0) is 12.8 Å². The Balaban J connectivity index is 1.88. The van der Waals surface area contributed by atoms with Crippen molar-refractivity contribution < 1.29 is 19.7 Å². The van der Waals surface area contributed by atoms with Gasteiger partial charge in [-0.1, -0.05) is 0 Å². The maximum atomic E-state index is 11.3. The summed E-state index contributed by atoms with van der Waals surface area (Å²) in [7, 11) is 0. The summed E-state index contributed by atoms with van der Waals surface area (Å²) in [5.74, 6) is -0.313. The fourth-order valence-electron chi connectivity index (χ4n) is 1.34. The second-order valence-corrected chi connectivity index (χ2v) is 3.59. The summed E-state index contributed by atoms with van der Waals surface area (Å²) in [6.07, 6.45) is -0.918. The Morgan fingerprint density at radius 1 is 1.38 bits per heavy atom. The Morgan fingerprint density at radius 3 is 2.54 bits per heavy atom. The van der Waals surface area contributed by atoms with Crippen LogP contribution in [0.2, 0.25) is 0 Å². The molecule has 13 heavy (non-hydrogen) atoms. The molecule has 5 heteroatoms. The molecular formula is C8H13NO4. The SMILES string of the molecule is O=C(NC1CC1)[C@H]1OC[C@@H](O)C1O. The van der Waals surface area contributed by atoms with Gasteiger partial charge in [0.1, 0.15) is 12.2 Å². The van der Waals surface area contributed by atoms with Crippen molar-refractivity contribution in [2.24, 2.45) is 0 Å². The minimum atomic E-state index is -1.08. The van der Waals surface area contributed by atoms with E-state index in [1.54, 1.807) is 0 Å². The molecule has 2 fully saturated rings. The Hall–Kier alpha value is -0.650. The monoisotopic (exact) mass is 187 g/mol. The standard InChI is InChI=1S/C8H13NO4/c10-5-3-13-7(6(5)11)8(12)9-4-1-2-4/h4-7,10-11H,1-3H2,(H,9,12)/t5-,6?,7+/m1/s1. The fraction of sp³-hybridized carbons (Fsp3) is 0.875. The van der Waals surface area contributed by atoms with Crippen LogP contribution in [0.25, 0.3) is 0 Å². The topological polar surface area (TPSA) is 78.8 Å². The largest absolute Gasteiger partial charge is 0.388 e. The van der Waals surface area contributed by atoms with Crippen LogP contribution in [-0.4, -0.2) is 47.1 Å². The maximum absolute atomic E-state index is 11.3. The Kier molecular flexibility index (Phi) is 2.23. The number of ether oxygens (including phenoxy) is 1. The number of aliphatic hydroxyl groups is 2. The summed E-state index contributed by atoms with van der Waals surface area (Å²) in [4.78, 5) is 11.3. The molecule has 1 saturated heterocycles. The van der Waals surface area contributed by atoms with Gasteiger partial charge in [-0.25, -0.2) is 0 Å². The number of aliphatic hydroxyl groups excluding tert-OH is 2. The lowest BCUT2D eigenvalue weighted by atomic mass is 10.1. The first-order chi connectivity index (χ1) is 6.18. The quantitative estimate of drug-likeness (QED) is 0.486. The van der Waals surface area contributed by atoms with Gasteiger partial charge in [-0.2, -0.15) is 0 Å². The fourth-order valence-corrected chi connectivity index (χ4v) is 1.34. The minimum Gasteiger partial charge on any atom is -0.388 e. The zero-order valence-electron chi connectivity index (χ0n) is 7.14. The molecule has 0 aromatic heterocycles. The summed E-state index contributed by atoms with van der Waals surface area (Å²) in [5, 5.41) is 21.1. The number of carbonyl (C=O) groups is 1. The van der Waals surface area contributed by atoms with Crippen LogP contribution in [0.1, 0.15) is 12.8 Å². The molecule has 1 amide bonds. The first kappa shape index (κ1) is 8.93. The van der Waals surface area contributed by atoms with Crippen molar-refractivity contribution in [3.63, 3.8) is 0 Å². The van der Waals surface area contributed by atoms with Crippen LogP contribution in [0, 0.1) is 0 Å². The molecule has 1 unspecified atom stereocenters. The number of hydrogen-bond donors (Lipinski definition) is 3. The molecule has 1 heterocycles. The van der Waals surface area contributed by atoms with Gasteiger partial charge in [0.2, 0.25) is 0 Å². The summed E-state index contributed by atoms with van der Waals surface area (Å²) >= 11 is 0. The molecule has 3 N–H and O–H groups in total. The van der Waals surface area contributed by atoms with Gasteiger partial charge in [-0.3, -0.25) is 4.79 Å². The summed E-state index contributed by atoms with van der Waals surface area (Å²) in [6, 6.07) is 0.251. The highest BCUT2D eigenvalue weighted by molar-refractivity contribution is 5.82. The van der Waals surface area contributed by atoms with Crippen LogP contribution in [0.4, 0.5) is 0 Å². The van der Waals surface area contributed by atoms with E-state index in [1.165, 1.54) is 0 Å². The third-order valence-corrected chi connectivity index (χ3v) is 2.33. The van der Waals surface area contributed by atoms with E-state index in [2.05, 4.69) is 5.32 Å². The number of hydrogen-bond acceptors (Lipinski definition) is 4. The van der Waals surface area contributed by atoms with Crippen molar-refractivity contribution in [1.29, 1.82) is 0 Å². The van der Waals surface area contributed by atoms with Crippen molar-refractivity contribution in [2.75, 3.05) is 6.61 Å². The van der Waals surface area contributed by atoms with Crippen LogP contribution in [0.3, 0.4) is 0 Å². The molecule has 5 nitrogen and oxygen atoms in total. The molecule has 1 aliphatic carbocycles. The Morgan fingerprint density at radius 2 is 2.08 bits per heavy atom. The molecule has 2 rings (SSSR count). The smallest absolute Gasteiger partial charge is 0.252 e.